The number of benzene rings is 2. The van der Waals surface area contributed by atoms with E-state index in [9.17, 15) is 9.59 Å². The Hall–Kier alpha value is -2.90. The number of nitrogens with one attached hydrogen (secondary N) is 1. The molecule has 0 spiro atoms. The number of thiophene rings is 1. The van der Waals surface area contributed by atoms with Crippen molar-refractivity contribution < 1.29 is 19.1 Å². The molecule has 2 heterocycles. The summed E-state index contributed by atoms with van der Waals surface area (Å²) in [5, 5.41) is 3.79. The van der Waals surface area contributed by atoms with Crippen molar-refractivity contribution in [3.05, 3.63) is 59.5 Å². The Morgan fingerprint density at radius 2 is 1.83 bits per heavy atom. The lowest BCUT2D eigenvalue weighted by Gasteiger charge is -2.28. The van der Waals surface area contributed by atoms with Gasteiger partial charge in [-0.3, -0.25) is 4.79 Å². The largest absolute Gasteiger partial charge is 0.448 e. The molecule has 1 fully saturated rings. The van der Waals surface area contributed by atoms with E-state index in [0.717, 1.165) is 42.1 Å². The van der Waals surface area contributed by atoms with Gasteiger partial charge in [-0.05, 0) is 48.7 Å². The molecule has 150 valence electrons. The third-order valence-corrected chi connectivity index (χ3v) is 5.89. The maximum Gasteiger partial charge on any atom is 0.349 e. The molecule has 29 heavy (non-hydrogen) atoms. The third kappa shape index (κ3) is 4.58. The second-order valence-corrected chi connectivity index (χ2v) is 7.92. The zero-order valence-electron chi connectivity index (χ0n) is 16.1. The zero-order valence-corrected chi connectivity index (χ0v) is 16.9. The minimum atomic E-state index is -0.897. The average Bonchev–Trinajstić information content (AvgIpc) is 3.19. The minimum absolute atomic E-state index is 0.362. The summed E-state index contributed by atoms with van der Waals surface area (Å²) in [6.45, 7) is 4.73. The summed E-state index contributed by atoms with van der Waals surface area (Å²) >= 11 is 1.36. The molecule has 3 aromatic rings. The monoisotopic (exact) mass is 410 g/mol. The number of rotatable bonds is 5. The molecule has 1 N–H and O–H groups in total. The molecule has 0 aliphatic carbocycles. The van der Waals surface area contributed by atoms with Crippen molar-refractivity contribution in [2.45, 2.75) is 13.0 Å². The Morgan fingerprint density at radius 1 is 1.10 bits per heavy atom. The van der Waals surface area contributed by atoms with Crippen LogP contribution in [0.3, 0.4) is 0 Å². The van der Waals surface area contributed by atoms with Gasteiger partial charge in [-0.15, -0.1) is 11.3 Å². The number of esters is 1. The number of morpholine rings is 1. The number of carbonyl (C=O) groups is 2. The van der Waals surface area contributed by atoms with E-state index in [1.54, 1.807) is 13.0 Å². The molecule has 2 aromatic carbocycles. The molecular weight excluding hydrogens is 388 g/mol. The van der Waals surface area contributed by atoms with Crippen molar-refractivity contribution >= 4 is 44.7 Å². The molecule has 1 aliphatic heterocycles. The van der Waals surface area contributed by atoms with Gasteiger partial charge >= 0.3 is 5.97 Å². The Kier molecular flexibility index (Phi) is 5.78. The molecule has 4 rings (SSSR count). The lowest BCUT2D eigenvalue weighted by Crippen LogP contribution is -2.36. The second kappa shape index (κ2) is 8.63. The number of amides is 1. The first-order valence-corrected chi connectivity index (χ1v) is 10.3. The SMILES string of the molecule is CC(OC(=O)c1cc2ccccc2s1)C(=O)Nc1ccc(N2CCOCC2)cc1. The molecule has 0 radical (unpaired) electrons. The van der Waals surface area contributed by atoms with Gasteiger partial charge in [-0.25, -0.2) is 4.79 Å². The molecule has 1 aromatic heterocycles. The van der Waals surface area contributed by atoms with Crippen LogP contribution in [0.4, 0.5) is 11.4 Å². The van der Waals surface area contributed by atoms with Crippen LogP contribution in [0.15, 0.2) is 54.6 Å². The van der Waals surface area contributed by atoms with Gasteiger partial charge in [0.15, 0.2) is 6.10 Å². The third-order valence-electron chi connectivity index (χ3n) is 4.79. The normalized spacial score (nSPS) is 15.1. The van der Waals surface area contributed by atoms with Gasteiger partial charge < -0.3 is 19.7 Å². The van der Waals surface area contributed by atoms with E-state index in [2.05, 4.69) is 10.2 Å². The van der Waals surface area contributed by atoms with Crippen LogP contribution in [0.1, 0.15) is 16.6 Å². The van der Waals surface area contributed by atoms with Crippen molar-refractivity contribution in [2.24, 2.45) is 0 Å². The smallest absolute Gasteiger partial charge is 0.349 e. The number of ether oxygens (including phenoxy) is 2. The highest BCUT2D eigenvalue weighted by atomic mass is 32.1. The molecule has 1 unspecified atom stereocenters. The van der Waals surface area contributed by atoms with Gasteiger partial charge in [-0.1, -0.05) is 18.2 Å². The van der Waals surface area contributed by atoms with Crippen LogP contribution in [0.25, 0.3) is 10.1 Å². The Bertz CT molecular complexity index is 976. The van der Waals surface area contributed by atoms with E-state index in [0.29, 0.717) is 10.6 Å². The summed E-state index contributed by atoms with van der Waals surface area (Å²) in [5.41, 5.74) is 1.76. The van der Waals surface area contributed by atoms with Crippen LogP contribution in [-0.4, -0.2) is 44.3 Å². The predicted molar refractivity (Wildman–Crippen MR) is 115 cm³/mol. The topological polar surface area (TPSA) is 67.9 Å². The standard InChI is InChI=1S/C22H22N2O4S/c1-15(28-22(26)20-14-16-4-2-3-5-19(16)29-20)21(25)23-17-6-8-18(9-7-17)24-10-12-27-13-11-24/h2-9,14-15H,10-13H2,1H3,(H,23,25). The summed E-state index contributed by atoms with van der Waals surface area (Å²) in [7, 11) is 0. The Balaban J connectivity index is 1.34. The first-order chi connectivity index (χ1) is 14.1. The molecule has 7 heteroatoms. The lowest BCUT2D eigenvalue weighted by atomic mass is 10.2. The van der Waals surface area contributed by atoms with Crippen LogP contribution in [0, 0.1) is 0 Å². The van der Waals surface area contributed by atoms with Crippen LogP contribution in [0.2, 0.25) is 0 Å². The Labute approximate surface area is 173 Å². The van der Waals surface area contributed by atoms with Crippen LogP contribution >= 0.6 is 11.3 Å². The van der Waals surface area contributed by atoms with Crippen molar-refractivity contribution in [1.82, 2.24) is 0 Å². The molecular formula is C22H22N2O4S. The quantitative estimate of drug-likeness (QED) is 0.646. The summed E-state index contributed by atoms with van der Waals surface area (Å²) in [6, 6.07) is 17.2. The average molecular weight is 410 g/mol. The fourth-order valence-electron chi connectivity index (χ4n) is 3.18. The van der Waals surface area contributed by atoms with Crippen molar-refractivity contribution in [2.75, 3.05) is 36.5 Å². The fraction of sp³-hybridized carbons (Fsp3) is 0.273. The highest BCUT2D eigenvalue weighted by molar-refractivity contribution is 7.20. The number of anilines is 2. The molecule has 1 saturated heterocycles. The van der Waals surface area contributed by atoms with E-state index in [-0.39, 0.29) is 5.91 Å². The fourth-order valence-corrected chi connectivity index (χ4v) is 4.12. The summed E-state index contributed by atoms with van der Waals surface area (Å²) in [5.74, 6) is -0.852. The summed E-state index contributed by atoms with van der Waals surface area (Å²) < 4.78 is 11.7. The van der Waals surface area contributed by atoms with E-state index in [4.69, 9.17) is 9.47 Å². The van der Waals surface area contributed by atoms with Crippen LogP contribution in [0.5, 0.6) is 0 Å². The highest BCUT2D eigenvalue weighted by Gasteiger charge is 2.21. The number of carbonyl (C=O) groups excluding carboxylic acids is 2. The van der Waals surface area contributed by atoms with Crippen molar-refractivity contribution in [3.63, 3.8) is 0 Å². The van der Waals surface area contributed by atoms with Gasteiger partial charge in [0.05, 0.1) is 13.2 Å². The second-order valence-electron chi connectivity index (χ2n) is 6.83. The van der Waals surface area contributed by atoms with E-state index < -0.39 is 12.1 Å². The summed E-state index contributed by atoms with van der Waals surface area (Å²) in [6.07, 6.45) is -0.897. The minimum Gasteiger partial charge on any atom is -0.448 e. The van der Waals surface area contributed by atoms with Gasteiger partial charge in [0, 0.05) is 29.2 Å². The number of hydrogen-bond donors (Lipinski definition) is 1. The first kappa shape index (κ1) is 19.4. The predicted octanol–water partition coefficient (Wildman–Crippen LogP) is 3.92. The first-order valence-electron chi connectivity index (χ1n) is 9.53. The van der Waals surface area contributed by atoms with Crippen LogP contribution in [-0.2, 0) is 14.3 Å². The van der Waals surface area contributed by atoms with Crippen LogP contribution < -0.4 is 10.2 Å². The number of fused-ring (bicyclic) bond motifs is 1. The van der Waals surface area contributed by atoms with Gasteiger partial charge in [-0.2, -0.15) is 0 Å². The van der Waals surface area contributed by atoms with Gasteiger partial charge in [0.2, 0.25) is 0 Å². The lowest BCUT2D eigenvalue weighted by molar-refractivity contribution is -0.123. The molecule has 1 amide bonds. The molecule has 6 nitrogen and oxygen atoms in total. The van der Waals surface area contributed by atoms with Gasteiger partial charge in [0.1, 0.15) is 4.88 Å². The maximum atomic E-state index is 12.4. The summed E-state index contributed by atoms with van der Waals surface area (Å²) in [4.78, 5) is 27.5. The molecule has 1 aliphatic rings. The maximum absolute atomic E-state index is 12.4. The molecule has 1 atom stereocenters. The zero-order chi connectivity index (χ0) is 20.2. The highest BCUT2D eigenvalue weighted by Crippen LogP contribution is 2.26. The molecule has 0 saturated carbocycles. The van der Waals surface area contributed by atoms with E-state index >= 15 is 0 Å². The van der Waals surface area contributed by atoms with Gasteiger partial charge in [0.25, 0.3) is 5.91 Å². The van der Waals surface area contributed by atoms with E-state index in [1.807, 2.05) is 48.5 Å². The number of nitrogens with zero attached hydrogens (tertiary/aromatic N) is 1. The molecule has 0 bridgehead atoms. The van der Waals surface area contributed by atoms with Crippen molar-refractivity contribution in [1.29, 1.82) is 0 Å². The Morgan fingerprint density at radius 3 is 2.55 bits per heavy atom. The van der Waals surface area contributed by atoms with Crippen molar-refractivity contribution in [3.8, 4) is 0 Å². The number of hydrogen-bond acceptors (Lipinski definition) is 6. The van der Waals surface area contributed by atoms with E-state index in [1.165, 1.54) is 11.3 Å².